The van der Waals surface area contributed by atoms with Gasteiger partial charge in [-0.1, -0.05) is 30.7 Å². The third-order valence-corrected chi connectivity index (χ3v) is 4.39. The number of carbonyl (C=O) groups is 1. The van der Waals surface area contributed by atoms with Crippen molar-refractivity contribution in [2.24, 2.45) is 0 Å². The first-order valence-corrected chi connectivity index (χ1v) is 9.27. The lowest BCUT2D eigenvalue weighted by Crippen LogP contribution is -2.34. The van der Waals surface area contributed by atoms with Gasteiger partial charge < -0.3 is 4.90 Å². The number of amides is 1. The van der Waals surface area contributed by atoms with Crippen molar-refractivity contribution < 1.29 is 4.79 Å². The third kappa shape index (κ3) is 4.93. The van der Waals surface area contributed by atoms with Crippen molar-refractivity contribution in [3.05, 3.63) is 64.7 Å². The second kappa shape index (κ2) is 9.11. The molecule has 0 bridgehead atoms. The summed E-state index contributed by atoms with van der Waals surface area (Å²) in [5, 5.41) is 21.8. The Morgan fingerprint density at radius 3 is 2.54 bits per heavy atom. The predicted molar refractivity (Wildman–Crippen MR) is 105 cm³/mol. The highest BCUT2D eigenvalue weighted by Crippen LogP contribution is 2.17. The van der Waals surface area contributed by atoms with Crippen molar-refractivity contribution in [1.82, 2.24) is 25.1 Å². The molecule has 1 amide bonds. The summed E-state index contributed by atoms with van der Waals surface area (Å²) in [6.45, 7) is 3.12. The van der Waals surface area contributed by atoms with E-state index in [9.17, 15) is 4.79 Å². The average molecular weight is 395 g/mol. The minimum Gasteiger partial charge on any atom is -0.337 e. The van der Waals surface area contributed by atoms with Crippen molar-refractivity contribution in [2.45, 2.75) is 26.4 Å². The van der Waals surface area contributed by atoms with E-state index in [4.69, 9.17) is 16.9 Å². The highest BCUT2D eigenvalue weighted by Gasteiger charge is 2.16. The number of halogens is 1. The Kier molecular flexibility index (Phi) is 6.35. The largest absolute Gasteiger partial charge is 0.337 e. The number of tetrazole rings is 1. The quantitative estimate of drug-likeness (QED) is 0.613. The van der Waals surface area contributed by atoms with Gasteiger partial charge in [-0.3, -0.25) is 4.79 Å². The first kappa shape index (κ1) is 19.5. The molecule has 142 valence electrons. The van der Waals surface area contributed by atoms with E-state index in [2.05, 4.69) is 21.5 Å². The molecule has 0 N–H and O–H groups in total. The Hall–Kier alpha value is -3.24. The van der Waals surface area contributed by atoms with E-state index in [1.807, 2.05) is 19.1 Å². The smallest absolute Gasteiger partial charge is 0.246 e. The number of carbonyl (C=O) groups excluding carboxylic acids is 1. The number of rotatable bonds is 7. The fourth-order valence-corrected chi connectivity index (χ4v) is 2.84. The van der Waals surface area contributed by atoms with Crippen LogP contribution in [0, 0.1) is 11.3 Å². The standard InChI is InChI=1S/C20H19ClN6O/c1-2-11-26(13-16-5-3-15(12-22)4-6-16)19(28)14-27-24-20(23-25-27)17-7-9-18(21)10-8-17/h3-10H,2,11,13-14H2,1H3. The number of benzene rings is 2. The van der Waals surface area contributed by atoms with Crippen LogP contribution in [0.15, 0.2) is 48.5 Å². The first-order chi connectivity index (χ1) is 13.6. The van der Waals surface area contributed by atoms with Crippen LogP contribution in [-0.4, -0.2) is 37.6 Å². The van der Waals surface area contributed by atoms with E-state index in [0.717, 1.165) is 17.5 Å². The normalized spacial score (nSPS) is 10.5. The van der Waals surface area contributed by atoms with E-state index >= 15 is 0 Å². The monoisotopic (exact) mass is 394 g/mol. The van der Waals surface area contributed by atoms with Crippen LogP contribution in [0.1, 0.15) is 24.5 Å². The first-order valence-electron chi connectivity index (χ1n) is 8.89. The highest BCUT2D eigenvalue weighted by atomic mass is 35.5. The van der Waals surface area contributed by atoms with Crippen molar-refractivity contribution >= 4 is 17.5 Å². The summed E-state index contributed by atoms with van der Waals surface area (Å²) in [6.07, 6.45) is 0.836. The molecule has 3 rings (SSSR count). The molecule has 28 heavy (non-hydrogen) atoms. The Balaban J connectivity index is 1.68. The number of hydrogen-bond donors (Lipinski definition) is 0. The molecule has 0 aliphatic carbocycles. The molecular weight excluding hydrogens is 376 g/mol. The van der Waals surface area contributed by atoms with E-state index in [1.54, 1.807) is 41.3 Å². The van der Waals surface area contributed by atoms with E-state index in [0.29, 0.717) is 29.5 Å². The van der Waals surface area contributed by atoms with Gasteiger partial charge in [0.15, 0.2) is 0 Å². The molecule has 1 aromatic heterocycles. The minimum atomic E-state index is -0.0914. The maximum Gasteiger partial charge on any atom is 0.246 e. The highest BCUT2D eigenvalue weighted by molar-refractivity contribution is 6.30. The van der Waals surface area contributed by atoms with Gasteiger partial charge >= 0.3 is 0 Å². The molecule has 0 spiro atoms. The van der Waals surface area contributed by atoms with Crippen molar-refractivity contribution in [3.8, 4) is 17.5 Å². The van der Waals surface area contributed by atoms with E-state index in [-0.39, 0.29) is 12.5 Å². The lowest BCUT2D eigenvalue weighted by Gasteiger charge is -2.22. The van der Waals surface area contributed by atoms with Crippen LogP contribution in [0.5, 0.6) is 0 Å². The maximum absolute atomic E-state index is 12.7. The molecule has 0 radical (unpaired) electrons. The van der Waals surface area contributed by atoms with Crippen LogP contribution in [0.4, 0.5) is 0 Å². The Labute approximate surface area is 168 Å². The summed E-state index contributed by atoms with van der Waals surface area (Å²) in [6, 6.07) is 16.4. The molecule has 3 aromatic rings. The summed E-state index contributed by atoms with van der Waals surface area (Å²) in [7, 11) is 0. The van der Waals surface area contributed by atoms with Gasteiger partial charge in [0.05, 0.1) is 11.6 Å². The second-order valence-corrected chi connectivity index (χ2v) is 6.71. The van der Waals surface area contributed by atoms with Crippen LogP contribution in [-0.2, 0) is 17.9 Å². The molecule has 0 aliphatic heterocycles. The van der Waals surface area contributed by atoms with Gasteiger partial charge in [-0.2, -0.15) is 10.1 Å². The third-order valence-electron chi connectivity index (χ3n) is 4.13. The zero-order valence-corrected chi connectivity index (χ0v) is 16.2. The van der Waals surface area contributed by atoms with Crippen LogP contribution >= 0.6 is 11.6 Å². The molecule has 0 saturated carbocycles. The number of nitrogens with zero attached hydrogens (tertiary/aromatic N) is 6. The Bertz CT molecular complexity index is 975. The van der Waals surface area contributed by atoms with Gasteiger partial charge in [-0.15, -0.1) is 10.2 Å². The van der Waals surface area contributed by atoms with Gasteiger partial charge in [-0.25, -0.2) is 0 Å². The molecule has 0 aliphatic rings. The molecule has 2 aromatic carbocycles. The topological polar surface area (TPSA) is 87.7 Å². The van der Waals surface area contributed by atoms with Crippen LogP contribution in [0.25, 0.3) is 11.4 Å². The van der Waals surface area contributed by atoms with Crippen molar-refractivity contribution in [2.75, 3.05) is 6.54 Å². The summed E-state index contributed by atoms with van der Waals surface area (Å²) in [4.78, 5) is 15.8. The zero-order valence-electron chi connectivity index (χ0n) is 15.4. The average Bonchev–Trinajstić information content (AvgIpc) is 3.17. The Morgan fingerprint density at radius 2 is 1.89 bits per heavy atom. The molecule has 7 nitrogen and oxygen atoms in total. The van der Waals surface area contributed by atoms with Crippen LogP contribution in [0.3, 0.4) is 0 Å². The van der Waals surface area contributed by atoms with Gasteiger partial charge in [0, 0.05) is 23.7 Å². The van der Waals surface area contributed by atoms with Crippen molar-refractivity contribution in [3.63, 3.8) is 0 Å². The number of hydrogen-bond acceptors (Lipinski definition) is 5. The van der Waals surface area contributed by atoms with Gasteiger partial charge in [0.25, 0.3) is 0 Å². The fourth-order valence-electron chi connectivity index (χ4n) is 2.71. The second-order valence-electron chi connectivity index (χ2n) is 6.27. The predicted octanol–water partition coefficient (Wildman–Crippen LogP) is 3.30. The molecule has 1 heterocycles. The zero-order chi connectivity index (χ0) is 19.9. The minimum absolute atomic E-state index is 0.0108. The SMILES string of the molecule is CCCN(Cc1ccc(C#N)cc1)C(=O)Cn1nnc(-c2ccc(Cl)cc2)n1. The molecular formula is C20H19ClN6O. The number of aromatic nitrogens is 4. The molecule has 0 saturated heterocycles. The van der Waals surface area contributed by atoms with E-state index < -0.39 is 0 Å². The summed E-state index contributed by atoms with van der Waals surface area (Å²) in [5.74, 6) is 0.352. The summed E-state index contributed by atoms with van der Waals surface area (Å²) in [5.41, 5.74) is 2.35. The Morgan fingerprint density at radius 1 is 1.18 bits per heavy atom. The molecule has 0 fully saturated rings. The van der Waals surface area contributed by atoms with Crippen LogP contribution in [0.2, 0.25) is 5.02 Å². The fraction of sp³-hybridized carbons (Fsp3) is 0.250. The molecule has 0 atom stereocenters. The summed E-state index contributed by atoms with van der Waals surface area (Å²) >= 11 is 5.89. The van der Waals surface area contributed by atoms with Crippen LogP contribution < -0.4 is 0 Å². The van der Waals surface area contributed by atoms with Gasteiger partial charge in [0.2, 0.25) is 11.7 Å². The lowest BCUT2D eigenvalue weighted by atomic mass is 10.1. The summed E-state index contributed by atoms with van der Waals surface area (Å²) < 4.78 is 0. The van der Waals surface area contributed by atoms with Gasteiger partial charge in [-0.05, 0) is 53.6 Å². The lowest BCUT2D eigenvalue weighted by molar-refractivity contribution is -0.133. The molecule has 8 heteroatoms. The van der Waals surface area contributed by atoms with E-state index in [1.165, 1.54) is 4.80 Å². The van der Waals surface area contributed by atoms with Gasteiger partial charge in [0.1, 0.15) is 6.54 Å². The van der Waals surface area contributed by atoms with Crippen molar-refractivity contribution in [1.29, 1.82) is 5.26 Å². The number of nitriles is 1. The molecule has 0 unspecified atom stereocenters. The maximum atomic E-state index is 12.7.